The third-order valence-electron chi connectivity index (χ3n) is 2.67. The number of amides is 2. The van der Waals surface area contributed by atoms with Gasteiger partial charge in [0, 0.05) is 7.05 Å². The summed E-state index contributed by atoms with van der Waals surface area (Å²) in [5, 5.41) is 5.51. The molecule has 3 heteroatoms. The SMILES string of the molecule is CNC(=O)NC1CCc2ccccc21. The number of hydrogen-bond acceptors (Lipinski definition) is 1. The first-order valence-electron chi connectivity index (χ1n) is 4.87. The van der Waals surface area contributed by atoms with Crippen molar-refractivity contribution in [3.8, 4) is 0 Å². The number of benzene rings is 1. The molecule has 1 aromatic rings. The van der Waals surface area contributed by atoms with Gasteiger partial charge in [0.2, 0.25) is 0 Å². The highest BCUT2D eigenvalue weighted by Gasteiger charge is 2.22. The molecule has 3 nitrogen and oxygen atoms in total. The van der Waals surface area contributed by atoms with E-state index in [4.69, 9.17) is 0 Å². The fraction of sp³-hybridized carbons (Fsp3) is 0.364. The predicted molar refractivity (Wildman–Crippen MR) is 55.1 cm³/mol. The molecule has 1 unspecified atom stereocenters. The van der Waals surface area contributed by atoms with Gasteiger partial charge in [0.15, 0.2) is 0 Å². The van der Waals surface area contributed by atoms with Crippen LogP contribution in [0.5, 0.6) is 0 Å². The lowest BCUT2D eigenvalue weighted by Crippen LogP contribution is -2.34. The molecule has 2 N–H and O–H groups in total. The molecular weight excluding hydrogens is 176 g/mol. The zero-order valence-corrected chi connectivity index (χ0v) is 8.21. The third kappa shape index (κ3) is 1.58. The van der Waals surface area contributed by atoms with E-state index in [0.717, 1.165) is 12.8 Å². The van der Waals surface area contributed by atoms with Crippen molar-refractivity contribution in [2.75, 3.05) is 7.05 Å². The van der Waals surface area contributed by atoms with Crippen LogP contribution in [0.2, 0.25) is 0 Å². The Labute approximate surface area is 83.5 Å². The summed E-state index contributed by atoms with van der Waals surface area (Å²) in [6, 6.07) is 8.35. The minimum Gasteiger partial charge on any atom is -0.341 e. The molecule has 1 aliphatic carbocycles. The van der Waals surface area contributed by atoms with Crippen molar-refractivity contribution in [1.82, 2.24) is 10.6 Å². The molecule has 0 bridgehead atoms. The van der Waals surface area contributed by atoms with Gasteiger partial charge in [-0.25, -0.2) is 4.79 Å². The normalized spacial score (nSPS) is 18.8. The van der Waals surface area contributed by atoms with Crippen LogP contribution in [0, 0.1) is 0 Å². The Balaban J connectivity index is 2.14. The van der Waals surface area contributed by atoms with Crippen LogP contribution in [-0.4, -0.2) is 13.1 Å². The van der Waals surface area contributed by atoms with E-state index in [1.165, 1.54) is 11.1 Å². The lowest BCUT2D eigenvalue weighted by molar-refractivity contribution is 0.239. The highest BCUT2D eigenvalue weighted by Crippen LogP contribution is 2.30. The molecule has 0 heterocycles. The molecule has 0 fully saturated rings. The van der Waals surface area contributed by atoms with E-state index in [-0.39, 0.29) is 12.1 Å². The van der Waals surface area contributed by atoms with Crippen LogP contribution in [0.15, 0.2) is 24.3 Å². The highest BCUT2D eigenvalue weighted by molar-refractivity contribution is 5.74. The van der Waals surface area contributed by atoms with Gasteiger partial charge in [-0.15, -0.1) is 0 Å². The zero-order valence-electron chi connectivity index (χ0n) is 8.21. The third-order valence-corrected chi connectivity index (χ3v) is 2.67. The van der Waals surface area contributed by atoms with Crippen LogP contribution < -0.4 is 10.6 Å². The van der Waals surface area contributed by atoms with E-state index in [0.29, 0.717) is 0 Å². The summed E-state index contributed by atoms with van der Waals surface area (Å²) in [7, 11) is 1.64. The van der Waals surface area contributed by atoms with Crippen LogP contribution in [0.4, 0.5) is 4.79 Å². The van der Waals surface area contributed by atoms with Gasteiger partial charge in [-0.1, -0.05) is 24.3 Å². The molecule has 14 heavy (non-hydrogen) atoms. The Bertz CT molecular complexity index is 349. The summed E-state index contributed by atoms with van der Waals surface area (Å²) >= 11 is 0. The van der Waals surface area contributed by atoms with E-state index in [1.54, 1.807) is 7.05 Å². The molecule has 1 aliphatic rings. The Hall–Kier alpha value is -1.51. The smallest absolute Gasteiger partial charge is 0.315 e. The van der Waals surface area contributed by atoms with Gasteiger partial charge < -0.3 is 10.6 Å². The lowest BCUT2D eigenvalue weighted by Gasteiger charge is -2.13. The van der Waals surface area contributed by atoms with Gasteiger partial charge in [-0.2, -0.15) is 0 Å². The number of rotatable bonds is 1. The van der Waals surface area contributed by atoms with E-state index in [9.17, 15) is 4.79 Å². The van der Waals surface area contributed by atoms with E-state index >= 15 is 0 Å². The molecule has 1 atom stereocenters. The summed E-state index contributed by atoms with van der Waals surface area (Å²) in [5.74, 6) is 0. The fourth-order valence-electron chi connectivity index (χ4n) is 1.94. The van der Waals surface area contributed by atoms with Crippen LogP contribution >= 0.6 is 0 Å². The summed E-state index contributed by atoms with van der Waals surface area (Å²) in [4.78, 5) is 11.2. The minimum atomic E-state index is -0.105. The molecule has 2 amide bonds. The number of carbonyl (C=O) groups excluding carboxylic acids is 1. The minimum absolute atomic E-state index is 0.105. The van der Waals surface area contributed by atoms with Gasteiger partial charge in [-0.3, -0.25) is 0 Å². The van der Waals surface area contributed by atoms with Gasteiger partial charge in [-0.05, 0) is 24.0 Å². The average Bonchev–Trinajstić information content (AvgIpc) is 2.62. The van der Waals surface area contributed by atoms with Gasteiger partial charge >= 0.3 is 6.03 Å². The monoisotopic (exact) mass is 190 g/mol. The number of urea groups is 1. The summed E-state index contributed by atoms with van der Waals surface area (Å²) in [6.07, 6.45) is 2.07. The Morgan fingerprint density at radius 3 is 3.00 bits per heavy atom. The quantitative estimate of drug-likeness (QED) is 0.694. The van der Waals surface area contributed by atoms with Gasteiger partial charge in [0.25, 0.3) is 0 Å². The molecule has 0 aliphatic heterocycles. The van der Waals surface area contributed by atoms with E-state index < -0.39 is 0 Å². The second-order valence-electron chi connectivity index (χ2n) is 3.51. The van der Waals surface area contributed by atoms with Crippen molar-refractivity contribution in [2.45, 2.75) is 18.9 Å². The molecular formula is C11H14N2O. The first-order valence-corrected chi connectivity index (χ1v) is 4.87. The summed E-state index contributed by atoms with van der Waals surface area (Å²) < 4.78 is 0. The molecule has 2 rings (SSSR count). The number of fused-ring (bicyclic) bond motifs is 1. The summed E-state index contributed by atoms with van der Waals surface area (Å²) in [5.41, 5.74) is 2.62. The number of carbonyl (C=O) groups is 1. The lowest BCUT2D eigenvalue weighted by atomic mass is 10.1. The van der Waals surface area contributed by atoms with Crippen molar-refractivity contribution in [1.29, 1.82) is 0 Å². The molecule has 0 saturated carbocycles. The maximum Gasteiger partial charge on any atom is 0.315 e. The van der Waals surface area contributed by atoms with Crippen LogP contribution in [0.25, 0.3) is 0 Å². The predicted octanol–water partition coefficient (Wildman–Crippen LogP) is 1.60. The summed E-state index contributed by atoms with van der Waals surface area (Å²) in [6.45, 7) is 0. The van der Waals surface area contributed by atoms with Crippen LogP contribution in [0.1, 0.15) is 23.6 Å². The van der Waals surface area contributed by atoms with Gasteiger partial charge in [0.1, 0.15) is 0 Å². The van der Waals surface area contributed by atoms with E-state index in [2.05, 4.69) is 22.8 Å². The Morgan fingerprint density at radius 2 is 2.21 bits per heavy atom. The fourth-order valence-corrected chi connectivity index (χ4v) is 1.94. The Kier molecular flexibility index (Phi) is 2.39. The topological polar surface area (TPSA) is 41.1 Å². The zero-order chi connectivity index (χ0) is 9.97. The Morgan fingerprint density at radius 1 is 1.43 bits per heavy atom. The molecule has 1 aromatic carbocycles. The second-order valence-corrected chi connectivity index (χ2v) is 3.51. The van der Waals surface area contributed by atoms with Crippen molar-refractivity contribution in [3.05, 3.63) is 35.4 Å². The number of aryl methyl sites for hydroxylation is 1. The second kappa shape index (κ2) is 3.70. The van der Waals surface area contributed by atoms with Gasteiger partial charge in [0.05, 0.1) is 6.04 Å². The van der Waals surface area contributed by atoms with Crippen molar-refractivity contribution in [2.24, 2.45) is 0 Å². The van der Waals surface area contributed by atoms with E-state index in [1.807, 2.05) is 12.1 Å². The largest absolute Gasteiger partial charge is 0.341 e. The first-order chi connectivity index (χ1) is 6.81. The maximum absolute atomic E-state index is 11.2. The van der Waals surface area contributed by atoms with Crippen LogP contribution in [-0.2, 0) is 6.42 Å². The first kappa shape index (κ1) is 9.06. The molecule has 0 spiro atoms. The standard InChI is InChI=1S/C11H14N2O/c1-12-11(14)13-10-7-6-8-4-2-3-5-9(8)10/h2-5,10H,6-7H2,1H3,(H2,12,13,14). The molecule has 0 saturated heterocycles. The molecule has 0 radical (unpaired) electrons. The van der Waals surface area contributed by atoms with Crippen molar-refractivity contribution >= 4 is 6.03 Å². The average molecular weight is 190 g/mol. The highest BCUT2D eigenvalue weighted by atomic mass is 16.2. The van der Waals surface area contributed by atoms with Crippen molar-refractivity contribution < 1.29 is 4.79 Å². The maximum atomic E-state index is 11.2. The number of nitrogens with one attached hydrogen (secondary N) is 2. The molecule has 74 valence electrons. The number of hydrogen-bond donors (Lipinski definition) is 2. The molecule has 0 aromatic heterocycles. The van der Waals surface area contributed by atoms with Crippen molar-refractivity contribution in [3.63, 3.8) is 0 Å². The van der Waals surface area contributed by atoms with Crippen LogP contribution in [0.3, 0.4) is 0 Å².